The molecule has 6 rings (SSSR count). The first kappa shape index (κ1) is 33.2. The molecular formula is C33H37FN6O7Si. The topological polar surface area (TPSA) is 155 Å². The molecule has 2 aliphatic heterocycles. The number of pyridine rings is 1. The summed E-state index contributed by atoms with van der Waals surface area (Å²) in [6, 6.07) is 14.7. The highest BCUT2D eigenvalue weighted by Gasteiger charge is 2.66. The summed E-state index contributed by atoms with van der Waals surface area (Å²) in [6.07, 6.45) is 3.37. The van der Waals surface area contributed by atoms with Gasteiger partial charge in [-0.05, 0) is 55.4 Å². The van der Waals surface area contributed by atoms with E-state index in [1.807, 2.05) is 0 Å². The molecule has 1 spiro atoms. The number of halogens is 1. The van der Waals surface area contributed by atoms with E-state index in [1.165, 1.54) is 23.8 Å². The molecule has 4 heterocycles. The Morgan fingerprint density at radius 1 is 1.17 bits per heavy atom. The van der Waals surface area contributed by atoms with Crippen LogP contribution in [0.3, 0.4) is 0 Å². The number of amides is 1. The number of hydrogen-bond acceptors (Lipinski definition) is 9. The third-order valence-corrected chi connectivity index (χ3v) is 11.9. The standard InChI is InChI=1S/C33H37FN6O7Si/c1-21-30(48(3,4)34)28(13-16-37-20-23(14-17-41)35-36-37)47-33(21)26-18-25(40(44)45)11-12-27(26)39(32(33)43)19-22-7-9-24(10-8-22)38-15-5-6-29(46-2)31(38)42/h5-12,15,18,20-21,28,30,41H,13-14,16-17,19H2,1-4H3/t21-,28+,30-,33+/m1/s1. The predicted octanol–water partition coefficient (Wildman–Crippen LogP) is 4.29. The number of aryl methyl sites for hydroxylation is 1. The van der Waals surface area contributed by atoms with Gasteiger partial charge in [-0.2, -0.15) is 0 Å². The van der Waals surface area contributed by atoms with E-state index in [4.69, 9.17) is 9.47 Å². The summed E-state index contributed by atoms with van der Waals surface area (Å²) < 4.78 is 31.1. The summed E-state index contributed by atoms with van der Waals surface area (Å²) in [7, 11) is -2.04. The maximum absolute atomic E-state index is 16.2. The minimum atomic E-state index is -3.47. The van der Waals surface area contributed by atoms with Crippen LogP contribution in [0.4, 0.5) is 15.5 Å². The van der Waals surface area contributed by atoms with Crippen molar-refractivity contribution in [3.05, 3.63) is 104 Å². The van der Waals surface area contributed by atoms with E-state index >= 15 is 4.11 Å². The van der Waals surface area contributed by atoms with Crippen LogP contribution in [-0.4, -0.2) is 63.7 Å². The van der Waals surface area contributed by atoms with E-state index in [0.29, 0.717) is 42.0 Å². The number of carbonyl (C=O) groups excluding carboxylic acids is 1. The third kappa shape index (κ3) is 5.71. The molecule has 0 bridgehead atoms. The van der Waals surface area contributed by atoms with E-state index in [2.05, 4.69) is 10.3 Å². The van der Waals surface area contributed by atoms with Crippen molar-refractivity contribution in [1.82, 2.24) is 19.6 Å². The average Bonchev–Trinajstić information content (AvgIpc) is 3.70. The number of carbonyl (C=O) groups is 1. The van der Waals surface area contributed by atoms with Gasteiger partial charge in [-0.25, -0.2) is 0 Å². The van der Waals surface area contributed by atoms with Gasteiger partial charge in [0.1, 0.15) is 0 Å². The molecule has 1 saturated heterocycles. The fourth-order valence-electron chi connectivity index (χ4n) is 7.29. The van der Waals surface area contributed by atoms with Crippen molar-refractivity contribution >= 4 is 25.7 Å². The quantitative estimate of drug-likeness (QED) is 0.106. The molecule has 1 amide bonds. The van der Waals surface area contributed by atoms with Crippen LogP contribution in [0, 0.1) is 16.0 Å². The zero-order chi connectivity index (χ0) is 34.4. The maximum atomic E-state index is 16.2. The molecule has 0 radical (unpaired) electrons. The number of methoxy groups -OCH3 is 1. The largest absolute Gasteiger partial charge is 0.491 e. The van der Waals surface area contributed by atoms with E-state index in [-0.39, 0.29) is 30.1 Å². The average molecular weight is 677 g/mol. The van der Waals surface area contributed by atoms with Crippen molar-refractivity contribution in [3.63, 3.8) is 0 Å². The van der Waals surface area contributed by atoms with Gasteiger partial charge in [0.2, 0.25) is 8.41 Å². The molecule has 48 heavy (non-hydrogen) atoms. The Morgan fingerprint density at radius 3 is 2.58 bits per heavy atom. The number of ether oxygens (including phenoxy) is 2. The van der Waals surface area contributed by atoms with Crippen molar-refractivity contribution in [2.75, 3.05) is 18.6 Å². The maximum Gasteiger partial charge on any atom is 0.297 e. The van der Waals surface area contributed by atoms with Crippen molar-refractivity contribution in [3.8, 4) is 11.4 Å². The Balaban J connectivity index is 1.35. The fraction of sp³-hybridized carbons (Fsp3) is 0.394. The number of nitro groups is 1. The highest BCUT2D eigenvalue weighted by atomic mass is 28.4. The number of benzene rings is 2. The smallest absolute Gasteiger partial charge is 0.297 e. The van der Waals surface area contributed by atoms with E-state index < -0.39 is 42.4 Å². The number of nitro benzene ring substituents is 1. The number of aliphatic hydroxyl groups is 1. The summed E-state index contributed by atoms with van der Waals surface area (Å²) in [5.74, 6) is -0.833. The molecule has 4 atom stereocenters. The van der Waals surface area contributed by atoms with Crippen LogP contribution in [0.1, 0.15) is 30.2 Å². The Hall–Kier alpha value is -4.73. The fourth-order valence-corrected chi connectivity index (χ4v) is 9.83. The van der Waals surface area contributed by atoms with Crippen LogP contribution >= 0.6 is 0 Å². The van der Waals surface area contributed by atoms with Crippen LogP contribution in [0.15, 0.2) is 71.8 Å². The number of rotatable bonds is 11. The highest BCUT2D eigenvalue weighted by Crippen LogP contribution is 2.60. The minimum absolute atomic E-state index is 0.0647. The lowest BCUT2D eigenvalue weighted by Crippen LogP contribution is -2.45. The van der Waals surface area contributed by atoms with Gasteiger partial charge in [-0.1, -0.05) is 24.3 Å². The normalized spacial score (nSPS) is 22.0. The summed E-state index contributed by atoms with van der Waals surface area (Å²) in [4.78, 5) is 40.4. The molecular weight excluding hydrogens is 639 g/mol. The summed E-state index contributed by atoms with van der Waals surface area (Å²) in [5.41, 5.74) is 0.0461. The van der Waals surface area contributed by atoms with E-state index in [1.54, 1.807) is 84.5 Å². The summed E-state index contributed by atoms with van der Waals surface area (Å²) >= 11 is 0. The van der Waals surface area contributed by atoms with Gasteiger partial charge in [0.05, 0.1) is 36.1 Å². The van der Waals surface area contributed by atoms with Crippen molar-refractivity contribution in [1.29, 1.82) is 0 Å². The third-order valence-electron chi connectivity index (χ3n) is 9.44. The molecule has 15 heteroatoms. The molecule has 4 aromatic rings. The molecule has 2 aromatic carbocycles. The first-order valence-corrected chi connectivity index (χ1v) is 18.7. The lowest BCUT2D eigenvalue weighted by Gasteiger charge is -2.31. The van der Waals surface area contributed by atoms with Crippen LogP contribution in [-0.2, 0) is 34.6 Å². The first-order valence-electron chi connectivity index (χ1n) is 15.7. The van der Waals surface area contributed by atoms with Crippen molar-refractivity contribution in [2.45, 2.75) is 63.2 Å². The van der Waals surface area contributed by atoms with Gasteiger partial charge in [0.25, 0.3) is 17.2 Å². The zero-order valence-corrected chi connectivity index (χ0v) is 28.1. The molecule has 0 aliphatic carbocycles. The molecule has 0 unspecified atom stereocenters. The van der Waals surface area contributed by atoms with Crippen LogP contribution in [0.2, 0.25) is 18.6 Å². The lowest BCUT2D eigenvalue weighted by atomic mass is 9.82. The zero-order valence-electron chi connectivity index (χ0n) is 27.1. The number of hydrogen-bond donors (Lipinski definition) is 1. The minimum Gasteiger partial charge on any atom is -0.491 e. The molecule has 0 saturated carbocycles. The first-order chi connectivity index (χ1) is 22.9. The number of aliphatic hydroxyl groups excluding tert-OH is 1. The number of nitrogens with zero attached hydrogens (tertiary/aromatic N) is 6. The highest BCUT2D eigenvalue weighted by molar-refractivity contribution is 6.72. The Kier molecular flexibility index (Phi) is 8.78. The predicted molar refractivity (Wildman–Crippen MR) is 176 cm³/mol. The second-order valence-electron chi connectivity index (χ2n) is 12.8. The van der Waals surface area contributed by atoms with Gasteiger partial charge in [0, 0.05) is 66.8 Å². The van der Waals surface area contributed by atoms with Gasteiger partial charge < -0.3 is 23.6 Å². The van der Waals surface area contributed by atoms with Crippen LogP contribution < -0.4 is 15.2 Å². The van der Waals surface area contributed by atoms with Gasteiger partial charge >= 0.3 is 0 Å². The second-order valence-corrected chi connectivity index (χ2v) is 16.6. The second kappa shape index (κ2) is 12.7. The van der Waals surface area contributed by atoms with E-state index in [0.717, 1.165) is 5.56 Å². The summed E-state index contributed by atoms with van der Waals surface area (Å²) in [5, 5.41) is 29.3. The number of non-ortho nitro benzene ring substituents is 1. The van der Waals surface area contributed by atoms with Crippen LogP contribution in [0.25, 0.3) is 5.69 Å². The van der Waals surface area contributed by atoms with Crippen molar-refractivity contribution < 1.29 is 28.4 Å². The molecule has 1 N–H and O–H groups in total. The molecule has 13 nitrogen and oxygen atoms in total. The lowest BCUT2D eigenvalue weighted by molar-refractivity contribution is -0.385. The monoisotopic (exact) mass is 676 g/mol. The Bertz CT molecular complexity index is 1910. The summed E-state index contributed by atoms with van der Waals surface area (Å²) in [6.45, 7) is 5.39. The number of aromatic nitrogens is 4. The molecule has 2 aliphatic rings. The van der Waals surface area contributed by atoms with Crippen LogP contribution in [0.5, 0.6) is 5.75 Å². The van der Waals surface area contributed by atoms with E-state index in [9.17, 15) is 24.8 Å². The SMILES string of the molecule is COc1cccn(-c2ccc(CN3C(=O)[C@@]4(O[C@@H](CCn5cc(CCO)nn5)[C@H]([Si](C)(C)F)[C@H]4C)c4cc([N+](=O)[O-])ccc43)cc2)c1=O. The molecule has 1 fully saturated rings. The molecule has 2 aromatic heterocycles. The van der Waals surface area contributed by atoms with Gasteiger partial charge in [-0.3, -0.25) is 29.0 Å². The van der Waals surface area contributed by atoms with Gasteiger partial charge in [0.15, 0.2) is 11.4 Å². The van der Waals surface area contributed by atoms with Crippen molar-refractivity contribution in [2.24, 2.45) is 5.92 Å². The number of anilines is 1. The Morgan fingerprint density at radius 2 is 1.92 bits per heavy atom. The molecule has 252 valence electrons. The number of fused-ring (bicyclic) bond motifs is 2. The van der Waals surface area contributed by atoms with Gasteiger partial charge in [-0.15, -0.1) is 5.10 Å². The Labute approximate surface area is 276 Å².